The van der Waals surface area contributed by atoms with E-state index >= 15 is 0 Å². The molecule has 0 fully saturated rings. The number of aromatic nitrogens is 1. The normalized spacial score (nSPS) is 11.7. The third-order valence-electron chi connectivity index (χ3n) is 2.81. The molecule has 11 heteroatoms. The maximum atomic E-state index is 12.5. The van der Waals surface area contributed by atoms with Crippen LogP contribution in [0.1, 0.15) is 32.8 Å². The number of pyridine rings is 1. The minimum absolute atomic E-state index is 0.0812. The van der Waals surface area contributed by atoms with Crippen LogP contribution in [0.15, 0.2) is 12.3 Å². The first kappa shape index (κ1) is 22.8. The van der Waals surface area contributed by atoms with Crippen molar-refractivity contribution >= 4 is 23.6 Å². The zero-order chi connectivity index (χ0) is 20.7. The third-order valence-corrected chi connectivity index (χ3v) is 3.08. The van der Waals surface area contributed by atoms with Crippen molar-refractivity contribution in [3.8, 4) is 5.88 Å². The molecule has 152 valence electrons. The summed E-state index contributed by atoms with van der Waals surface area (Å²) in [6.45, 7) is 5.16. The molecule has 0 bridgehead atoms. The highest BCUT2D eigenvalue weighted by Crippen LogP contribution is 2.33. The summed E-state index contributed by atoms with van der Waals surface area (Å²) in [6.07, 6.45) is -4.25. The Labute approximate surface area is 159 Å². The molecule has 0 aliphatic rings. The second-order valence-electron chi connectivity index (χ2n) is 6.42. The van der Waals surface area contributed by atoms with Gasteiger partial charge in [0, 0.05) is 12.7 Å². The summed E-state index contributed by atoms with van der Waals surface area (Å²) >= 11 is 5.71. The Balaban J connectivity index is 2.25. The van der Waals surface area contributed by atoms with Gasteiger partial charge in [0.1, 0.15) is 10.6 Å². The van der Waals surface area contributed by atoms with Gasteiger partial charge >= 0.3 is 12.3 Å². The summed E-state index contributed by atoms with van der Waals surface area (Å²) < 4.78 is 47.7. The third kappa shape index (κ3) is 9.32. The Morgan fingerprint density at radius 1 is 1.22 bits per heavy atom. The molecule has 1 heterocycles. The van der Waals surface area contributed by atoms with Crippen LogP contribution in [-0.4, -0.2) is 42.3 Å². The van der Waals surface area contributed by atoms with E-state index < -0.39 is 29.3 Å². The highest BCUT2D eigenvalue weighted by molar-refractivity contribution is 6.31. The van der Waals surface area contributed by atoms with E-state index in [9.17, 15) is 22.8 Å². The Kier molecular flexibility index (Phi) is 8.14. The lowest BCUT2D eigenvalue weighted by molar-refractivity contribution is -0.137. The first-order valence-electron chi connectivity index (χ1n) is 7.97. The highest BCUT2D eigenvalue weighted by Gasteiger charge is 2.31. The number of nitrogens with one attached hydrogen (secondary N) is 2. The van der Waals surface area contributed by atoms with Crippen LogP contribution in [0.4, 0.5) is 18.0 Å². The van der Waals surface area contributed by atoms with Crippen molar-refractivity contribution in [1.82, 2.24) is 15.6 Å². The number of ether oxygens (including phenoxy) is 2. The van der Waals surface area contributed by atoms with Crippen LogP contribution in [0, 0.1) is 0 Å². The summed E-state index contributed by atoms with van der Waals surface area (Å²) in [7, 11) is 0. The van der Waals surface area contributed by atoms with Gasteiger partial charge in [0.2, 0.25) is 11.8 Å². The lowest BCUT2D eigenvalue weighted by Gasteiger charge is -2.19. The molecule has 0 saturated carbocycles. The molecule has 1 rings (SSSR count). The van der Waals surface area contributed by atoms with Gasteiger partial charge in [0.25, 0.3) is 0 Å². The first-order valence-corrected chi connectivity index (χ1v) is 8.35. The van der Waals surface area contributed by atoms with Gasteiger partial charge in [-0.2, -0.15) is 13.2 Å². The Morgan fingerprint density at radius 3 is 2.44 bits per heavy atom. The van der Waals surface area contributed by atoms with Crippen LogP contribution in [0.3, 0.4) is 0 Å². The van der Waals surface area contributed by atoms with Crippen LogP contribution in [0.2, 0.25) is 5.02 Å². The van der Waals surface area contributed by atoms with Gasteiger partial charge in [-0.1, -0.05) is 11.6 Å². The van der Waals surface area contributed by atoms with E-state index in [-0.39, 0.29) is 30.6 Å². The topological polar surface area (TPSA) is 89.5 Å². The minimum atomic E-state index is -4.53. The summed E-state index contributed by atoms with van der Waals surface area (Å²) in [5.74, 6) is -0.547. The molecule has 0 unspecified atom stereocenters. The van der Waals surface area contributed by atoms with E-state index in [1.807, 2.05) is 0 Å². The smallest absolute Gasteiger partial charge is 0.417 e. The number of nitrogens with zero attached hydrogens (tertiary/aromatic N) is 1. The summed E-state index contributed by atoms with van der Waals surface area (Å²) in [5.41, 5.74) is -1.63. The van der Waals surface area contributed by atoms with Crippen LogP contribution in [0.25, 0.3) is 0 Å². The van der Waals surface area contributed by atoms with Crippen molar-refractivity contribution in [2.45, 2.75) is 39.0 Å². The van der Waals surface area contributed by atoms with Gasteiger partial charge < -0.3 is 20.1 Å². The molecular formula is C16H21ClF3N3O4. The molecule has 0 atom stereocenters. The molecule has 0 radical (unpaired) electrons. The fraction of sp³-hybridized carbons (Fsp3) is 0.562. The van der Waals surface area contributed by atoms with E-state index in [0.29, 0.717) is 12.6 Å². The number of carbonyl (C=O) groups is 2. The number of carbonyl (C=O) groups excluding carboxylic acids is 2. The quantitative estimate of drug-likeness (QED) is 0.673. The highest BCUT2D eigenvalue weighted by atomic mass is 35.5. The number of hydrogen-bond donors (Lipinski definition) is 2. The molecule has 1 aromatic rings. The van der Waals surface area contributed by atoms with Crippen LogP contribution in [-0.2, 0) is 15.7 Å². The standard InChI is InChI=1S/C16H21ClF3N3O4/c1-15(2,3)27-14(25)23-9-12(24)21-5-4-6-26-13-11(17)7-10(8-22-13)16(18,19)20/h7-8H,4-6,9H2,1-3H3,(H,21,24)(H,23,25). The molecule has 0 spiro atoms. The number of alkyl carbamates (subject to hydrolysis) is 1. The molecule has 1 aromatic heterocycles. The van der Waals surface area contributed by atoms with Crippen LogP contribution in [0.5, 0.6) is 5.88 Å². The molecule has 0 aliphatic heterocycles. The van der Waals surface area contributed by atoms with Crippen molar-refractivity contribution in [3.63, 3.8) is 0 Å². The van der Waals surface area contributed by atoms with E-state index in [1.54, 1.807) is 20.8 Å². The van der Waals surface area contributed by atoms with E-state index in [1.165, 1.54) is 0 Å². The summed E-state index contributed by atoms with van der Waals surface area (Å²) in [4.78, 5) is 26.5. The van der Waals surface area contributed by atoms with E-state index in [0.717, 1.165) is 6.07 Å². The van der Waals surface area contributed by atoms with Crippen molar-refractivity contribution in [2.75, 3.05) is 19.7 Å². The van der Waals surface area contributed by atoms with Gasteiger partial charge in [0.15, 0.2) is 0 Å². The zero-order valence-electron chi connectivity index (χ0n) is 15.1. The van der Waals surface area contributed by atoms with Crippen molar-refractivity contribution in [3.05, 3.63) is 22.8 Å². The average Bonchev–Trinajstić information content (AvgIpc) is 2.51. The Hall–Kier alpha value is -2.23. The van der Waals surface area contributed by atoms with Crippen LogP contribution >= 0.6 is 11.6 Å². The van der Waals surface area contributed by atoms with Gasteiger partial charge in [-0.15, -0.1) is 0 Å². The Morgan fingerprint density at radius 2 is 1.89 bits per heavy atom. The number of amides is 2. The number of halogens is 4. The molecule has 7 nitrogen and oxygen atoms in total. The molecule has 2 N–H and O–H groups in total. The predicted octanol–water partition coefficient (Wildman–Crippen LogP) is 3.16. The zero-order valence-corrected chi connectivity index (χ0v) is 15.8. The maximum Gasteiger partial charge on any atom is 0.417 e. The van der Waals surface area contributed by atoms with Gasteiger partial charge in [0.05, 0.1) is 18.7 Å². The lowest BCUT2D eigenvalue weighted by atomic mass is 10.2. The molecule has 2 amide bonds. The predicted molar refractivity (Wildman–Crippen MR) is 91.6 cm³/mol. The van der Waals surface area contributed by atoms with Crippen molar-refractivity contribution in [1.29, 1.82) is 0 Å². The number of rotatable bonds is 7. The summed E-state index contributed by atoms with van der Waals surface area (Å²) in [6, 6.07) is 0.730. The fourth-order valence-corrected chi connectivity index (χ4v) is 1.91. The van der Waals surface area contributed by atoms with Gasteiger partial charge in [-0.3, -0.25) is 4.79 Å². The minimum Gasteiger partial charge on any atom is -0.477 e. The lowest BCUT2D eigenvalue weighted by Crippen LogP contribution is -2.40. The monoisotopic (exact) mass is 411 g/mol. The molecule has 0 saturated heterocycles. The number of hydrogen-bond acceptors (Lipinski definition) is 5. The molecule has 0 aliphatic carbocycles. The molecular weight excluding hydrogens is 391 g/mol. The number of alkyl halides is 3. The second-order valence-corrected chi connectivity index (χ2v) is 6.82. The van der Waals surface area contributed by atoms with E-state index in [2.05, 4.69) is 15.6 Å². The van der Waals surface area contributed by atoms with Crippen molar-refractivity contribution in [2.24, 2.45) is 0 Å². The fourth-order valence-electron chi connectivity index (χ4n) is 1.68. The largest absolute Gasteiger partial charge is 0.477 e. The SMILES string of the molecule is CC(C)(C)OC(=O)NCC(=O)NCCCOc1ncc(C(F)(F)F)cc1Cl. The average molecular weight is 412 g/mol. The Bertz CT molecular complexity index is 663. The van der Waals surface area contributed by atoms with Gasteiger partial charge in [-0.05, 0) is 33.3 Å². The van der Waals surface area contributed by atoms with Crippen LogP contribution < -0.4 is 15.4 Å². The van der Waals surface area contributed by atoms with E-state index in [4.69, 9.17) is 21.1 Å². The van der Waals surface area contributed by atoms with Crippen molar-refractivity contribution < 1.29 is 32.2 Å². The maximum absolute atomic E-state index is 12.5. The first-order chi connectivity index (χ1) is 12.4. The molecule has 0 aromatic carbocycles. The molecule has 27 heavy (non-hydrogen) atoms. The van der Waals surface area contributed by atoms with Gasteiger partial charge in [-0.25, -0.2) is 9.78 Å². The summed E-state index contributed by atoms with van der Waals surface area (Å²) in [5, 5.41) is 4.59. The second kappa shape index (κ2) is 9.63.